The molecule has 2 atom stereocenters. The van der Waals surface area contributed by atoms with Gasteiger partial charge in [-0.2, -0.15) is 4.98 Å². The highest BCUT2D eigenvalue weighted by Gasteiger charge is 2.27. The molecule has 1 aliphatic heterocycles. The van der Waals surface area contributed by atoms with E-state index in [1.165, 1.54) is 0 Å². The highest BCUT2D eigenvalue weighted by molar-refractivity contribution is 6.03. The zero-order valence-corrected chi connectivity index (χ0v) is 16.8. The van der Waals surface area contributed by atoms with E-state index in [1.807, 2.05) is 24.4 Å². The first-order valence-corrected chi connectivity index (χ1v) is 9.86. The fourth-order valence-electron chi connectivity index (χ4n) is 4.21. The molecule has 3 aromatic heterocycles. The zero-order chi connectivity index (χ0) is 20.0. The van der Waals surface area contributed by atoms with Crippen molar-refractivity contribution in [2.24, 2.45) is 0 Å². The Morgan fingerprint density at radius 1 is 1.24 bits per heavy atom. The Morgan fingerprint density at radius 2 is 2.14 bits per heavy atom. The van der Waals surface area contributed by atoms with E-state index in [1.54, 1.807) is 14.0 Å². The third-order valence-corrected chi connectivity index (χ3v) is 5.50. The summed E-state index contributed by atoms with van der Waals surface area (Å²) in [7, 11) is 1.68. The Labute approximate surface area is 167 Å². The molecular formula is C21H23N5O3. The van der Waals surface area contributed by atoms with Crippen LogP contribution in [0.15, 0.2) is 28.9 Å². The fraction of sp³-hybridized carbons (Fsp3) is 0.429. The van der Waals surface area contributed by atoms with Gasteiger partial charge in [0.2, 0.25) is 5.89 Å². The van der Waals surface area contributed by atoms with Crippen molar-refractivity contribution in [3.05, 3.63) is 41.9 Å². The smallest absolute Gasteiger partial charge is 0.223 e. The second-order valence-electron chi connectivity index (χ2n) is 7.54. The van der Waals surface area contributed by atoms with Gasteiger partial charge in [-0.15, -0.1) is 0 Å². The molecule has 0 saturated carbocycles. The quantitative estimate of drug-likeness (QED) is 0.523. The predicted octanol–water partition coefficient (Wildman–Crippen LogP) is 3.62. The number of hydrogen-bond donors (Lipinski definition) is 0. The summed E-state index contributed by atoms with van der Waals surface area (Å²) in [5, 5.41) is 5.10. The lowest BCUT2D eigenvalue weighted by Gasteiger charge is -2.30. The monoisotopic (exact) mass is 393 g/mol. The highest BCUT2D eigenvalue weighted by Crippen LogP contribution is 2.35. The van der Waals surface area contributed by atoms with Crippen LogP contribution in [0.25, 0.3) is 21.9 Å². The number of aryl methyl sites for hydroxylation is 1. The Hall–Kier alpha value is -3.00. The number of imidazole rings is 1. The average Bonchev–Trinajstić information content (AvgIpc) is 3.30. The normalized spacial score (nSPS) is 19.8. The van der Waals surface area contributed by atoms with Crippen molar-refractivity contribution in [3.8, 4) is 5.75 Å². The molecule has 8 heteroatoms. The van der Waals surface area contributed by atoms with Gasteiger partial charge in [-0.1, -0.05) is 5.16 Å². The van der Waals surface area contributed by atoms with Crippen LogP contribution in [0.4, 0.5) is 0 Å². The summed E-state index contributed by atoms with van der Waals surface area (Å²) < 4.78 is 18.8. The topological polar surface area (TPSA) is 88.1 Å². The minimum atomic E-state index is 0.203. The van der Waals surface area contributed by atoms with Crippen molar-refractivity contribution in [1.82, 2.24) is 24.7 Å². The summed E-state index contributed by atoms with van der Waals surface area (Å²) in [5.41, 5.74) is 2.85. The molecule has 0 N–H and O–H groups in total. The molecule has 1 aliphatic rings. The zero-order valence-electron chi connectivity index (χ0n) is 16.8. The second-order valence-corrected chi connectivity index (χ2v) is 7.54. The molecule has 1 aromatic carbocycles. The van der Waals surface area contributed by atoms with Crippen molar-refractivity contribution < 1.29 is 14.0 Å². The van der Waals surface area contributed by atoms with Crippen LogP contribution >= 0.6 is 0 Å². The first-order valence-electron chi connectivity index (χ1n) is 9.86. The maximum atomic E-state index is 5.80. The fourth-order valence-corrected chi connectivity index (χ4v) is 4.21. The molecule has 0 amide bonds. The Balaban J connectivity index is 1.74. The van der Waals surface area contributed by atoms with Gasteiger partial charge in [-0.3, -0.25) is 4.98 Å². The minimum absolute atomic E-state index is 0.203. The summed E-state index contributed by atoms with van der Waals surface area (Å²) in [6.07, 6.45) is 4.41. The van der Waals surface area contributed by atoms with Crippen molar-refractivity contribution >= 4 is 21.9 Å². The van der Waals surface area contributed by atoms with E-state index >= 15 is 0 Å². The van der Waals surface area contributed by atoms with Crippen LogP contribution < -0.4 is 4.74 Å². The van der Waals surface area contributed by atoms with Gasteiger partial charge in [0.25, 0.3) is 0 Å². The average molecular weight is 393 g/mol. The molecule has 29 heavy (non-hydrogen) atoms. The van der Waals surface area contributed by atoms with Crippen LogP contribution in [-0.2, 0) is 11.2 Å². The molecule has 8 nitrogen and oxygen atoms in total. The Bertz CT molecular complexity index is 1180. The number of ether oxygens (including phenoxy) is 2. The molecular weight excluding hydrogens is 370 g/mol. The first kappa shape index (κ1) is 18.1. The van der Waals surface area contributed by atoms with E-state index in [0.29, 0.717) is 18.1 Å². The Morgan fingerprint density at radius 3 is 2.90 bits per heavy atom. The second kappa shape index (κ2) is 7.11. The van der Waals surface area contributed by atoms with Crippen molar-refractivity contribution in [1.29, 1.82) is 0 Å². The van der Waals surface area contributed by atoms with Gasteiger partial charge < -0.3 is 18.6 Å². The van der Waals surface area contributed by atoms with E-state index in [0.717, 1.165) is 53.0 Å². The lowest BCUT2D eigenvalue weighted by atomic mass is 10.0. The molecule has 0 spiro atoms. The molecule has 0 unspecified atom stereocenters. The maximum Gasteiger partial charge on any atom is 0.223 e. The van der Waals surface area contributed by atoms with Gasteiger partial charge in [0.1, 0.15) is 17.1 Å². The van der Waals surface area contributed by atoms with E-state index in [2.05, 4.69) is 26.6 Å². The van der Waals surface area contributed by atoms with Gasteiger partial charge >= 0.3 is 0 Å². The molecule has 0 radical (unpaired) electrons. The third kappa shape index (κ3) is 3.23. The van der Waals surface area contributed by atoms with Crippen LogP contribution in [0, 0.1) is 6.92 Å². The summed E-state index contributed by atoms with van der Waals surface area (Å²) in [6, 6.07) is 6.23. The van der Waals surface area contributed by atoms with Crippen LogP contribution in [0.3, 0.4) is 0 Å². The lowest BCUT2D eigenvalue weighted by Crippen LogP contribution is -2.26. The van der Waals surface area contributed by atoms with Crippen molar-refractivity contribution in [3.63, 3.8) is 0 Å². The number of methoxy groups -OCH3 is 1. The molecule has 1 fully saturated rings. The van der Waals surface area contributed by atoms with Gasteiger partial charge in [0.05, 0.1) is 36.9 Å². The number of fused-ring (bicyclic) bond motifs is 3. The molecule has 5 rings (SSSR count). The minimum Gasteiger partial charge on any atom is -0.497 e. The molecule has 4 aromatic rings. The molecule has 0 bridgehead atoms. The van der Waals surface area contributed by atoms with Crippen molar-refractivity contribution in [2.75, 3.05) is 13.7 Å². The van der Waals surface area contributed by atoms with Gasteiger partial charge in [-0.05, 0) is 38.0 Å². The molecule has 4 heterocycles. The molecule has 150 valence electrons. The third-order valence-electron chi connectivity index (χ3n) is 5.50. The van der Waals surface area contributed by atoms with Crippen LogP contribution in [0.1, 0.15) is 43.3 Å². The molecule has 1 saturated heterocycles. The number of nitrogens with zero attached hydrogens (tertiary/aromatic N) is 5. The predicted molar refractivity (Wildman–Crippen MR) is 107 cm³/mol. The van der Waals surface area contributed by atoms with Crippen molar-refractivity contribution in [2.45, 2.75) is 45.3 Å². The van der Waals surface area contributed by atoms with Gasteiger partial charge in [-0.25, -0.2) is 4.98 Å². The SMILES string of the molecule is COc1ccc2ncc3nc(Cc4noc(C)n4)n([C@@H]4CCO[C@H](C)C4)c3c2c1. The first-order chi connectivity index (χ1) is 14.1. The van der Waals surface area contributed by atoms with E-state index < -0.39 is 0 Å². The number of rotatable bonds is 4. The summed E-state index contributed by atoms with van der Waals surface area (Å²) in [6.45, 7) is 4.65. The van der Waals surface area contributed by atoms with E-state index in [9.17, 15) is 0 Å². The van der Waals surface area contributed by atoms with E-state index in [-0.39, 0.29) is 12.1 Å². The summed E-state index contributed by atoms with van der Waals surface area (Å²) >= 11 is 0. The van der Waals surface area contributed by atoms with Gasteiger partial charge in [0, 0.05) is 25.0 Å². The molecule has 0 aliphatic carbocycles. The number of pyridine rings is 1. The largest absolute Gasteiger partial charge is 0.497 e. The maximum absolute atomic E-state index is 5.80. The van der Waals surface area contributed by atoms with Crippen LogP contribution in [0.2, 0.25) is 0 Å². The van der Waals surface area contributed by atoms with Crippen LogP contribution in [-0.4, -0.2) is 44.5 Å². The van der Waals surface area contributed by atoms with Crippen LogP contribution in [0.5, 0.6) is 5.75 Å². The number of benzene rings is 1. The standard InChI is InChI=1S/C21H23N5O3/c1-12-8-14(6-7-28-12)26-20(10-19-23-13(2)29-25-19)24-18-11-22-17-5-4-15(27-3)9-16(17)21(18)26/h4-5,9,11-12,14H,6-8,10H2,1-3H3/t12-,14-/m1/s1. The van der Waals surface area contributed by atoms with Gasteiger partial charge in [0.15, 0.2) is 5.82 Å². The number of hydrogen-bond acceptors (Lipinski definition) is 7. The summed E-state index contributed by atoms with van der Waals surface area (Å²) in [4.78, 5) is 13.9. The highest BCUT2D eigenvalue weighted by atomic mass is 16.5. The number of aromatic nitrogens is 5. The summed E-state index contributed by atoms with van der Waals surface area (Å²) in [5.74, 6) is 2.90. The lowest BCUT2D eigenvalue weighted by molar-refractivity contribution is 0.00630. The van der Waals surface area contributed by atoms with E-state index in [4.69, 9.17) is 19.0 Å². The Kier molecular flexibility index (Phi) is 4.43.